The summed E-state index contributed by atoms with van der Waals surface area (Å²) in [5, 5.41) is 1.96. The van der Waals surface area contributed by atoms with E-state index in [0.29, 0.717) is 24.6 Å². The van der Waals surface area contributed by atoms with Crippen LogP contribution in [0.2, 0.25) is 0 Å². The van der Waals surface area contributed by atoms with Crippen molar-refractivity contribution in [1.29, 1.82) is 0 Å². The van der Waals surface area contributed by atoms with E-state index in [0.717, 1.165) is 32.9 Å². The standard InChI is InChI=1S/2C19H18OP.2ClH.Fe.Pd/c2*20-21(19-13-7-8-14-19,15-17-9-3-1-4-10-17)16-18-11-5-2-6-12-18;;;;/h2*1-14H,15-16H2;2*1H;;/q2*-1;;;2*+2/p-2. The minimum absolute atomic E-state index is 0. The second-order valence-electron chi connectivity index (χ2n) is 10.7. The third kappa shape index (κ3) is 12.1. The number of halogens is 2. The molecule has 0 amide bonds. The molecule has 0 saturated heterocycles. The van der Waals surface area contributed by atoms with Gasteiger partial charge in [-0.25, -0.2) is 24.3 Å². The van der Waals surface area contributed by atoms with Gasteiger partial charge in [-0.15, -0.1) is 0 Å². The van der Waals surface area contributed by atoms with E-state index in [1.807, 2.05) is 121 Å². The summed E-state index contributed by atoms with van der Waals surface area (Å²) in [6, 6.07) is 56.3. The monoisotopic (exact) mass is 818 g/mol. The van der Waals surface area contributed by atoms with Crippen LogP contribution in [0.3, 0.4) is 0 Å². The molecule has 0 unspecified atom stereocenters. The molecule has 0 aliphatic carbocycles. The van der Waals surface area contributed by atoms with Gasteiger partial charge in [-0.2, -0.15) is 24.3 Å². The average Bonchev–Trinajstić information content (AvgIpc) is 3.80. The van der Waals surface area contributed by atoms with Crippen molar-refractivity contribution in [1.82, 2.24) is 0 Å². The molecule has 8 heteroatoms. The summed E-state index contributed by atoms with van der Waals surface area (Å²) < 4.78 is 27.2. The molecule has 242 valence electrons. The van der Waals surface area contributed by atoms with E-state index in [-0.39, 0.29) is 33.6 Å². The van der Waals surface area contributed by atoms with Gasteiger partial charge in [0, 0.05) is 24.6 Å². The fourth-order valence-corrected chi connectivity index (χ4v) is 10.8. The van der Waals surface area contributed by atoms with Gasteiger partial charge >= 0.3 is 53.8 Å². The van der Waals surface area contributed by atoms with Gasteiger partial charge in [-0.3, -0.25) is 0 Å². The van der Waals surface area contributed by atoms with E-state index >= 15 is 0 Å². The molecule has 0 atom stereocenters. The molecule has 0 spiro atoms. The van der Waals surface area contributed by atoms with Crippen molar-refractivity contribution in [3.05, 3.63) is 192 Å². The Labute approximate surface area is 302 Å². The van der Waals surface area contributed by atoms with Gasteiger partial charge in [0.1, 0.15) is 0 Å². The van der Waals surface area contributed by atoms with Gasteiger partial charge < -0.3 is 9.13 Å². The Balaban J connectivity index is 0.000000226. The van der Waals surface area contributed by atoms with Gasteiger partial charge in [-0.1, -0.05) is 132 Å². The van der Waals surface area contributed by atoms with E-state index in [1.165, 1.54) is 0 Å². The predicted octanol–water partition coefficient (Wildman–Crippen LogP) is 11.0. The predicted molar refractivity (Wildman–Crippen MR) is 191 cm³/mol. The Bertz CT molecular complexity index is 1510. The molecule has 6 rings (SSSR count). The first-order valence-electron chi connectivity index (χ1n) is 14.6. The Morgan fingerprint density at radius 3 is 0.804 bits per heavy atom. The SMILES string of the molecule is O=P(Cc1ccccc1)(Cc1ccccc1)[c-]1cccc1.O=P(Cc1ccccc1)(Cc1ccccc1)[c-]1cccc1.[Cl][Fe][Cl].[Pd+2]. The average molecular weight is 820 g/mol. The zero-order chi connectivity index (χ0) is 31.8. The molecule has 6 aromatic rings. The van der Waals surface area contributed by atoms with Crippen LogP contribution < -0.4 is 10.6 Å². The summed E-state index contributed by atoms with van der Waals surface area (Å²) in [6.07, 6.45) is 2.47. The molecule has 2 nitrogen and oxygen atoms in total. The van der Waals surface area contributed by atoms with Crippen LogP contribution in [0.15, 0.2) is 170 Å². The van der Waals surface area contributed by atoms with Crippen molar-refractivity contribution in [2.24, 2.45) is 0 Å². The molecule has 46 heavy (non-hydrogen) atoms. The fraction of sp³-hybridized carbons (Fsp3) is 0.105. The zero-order valence-corrected chi connectivity index (χ0v) is 31.1. The molecule has 0 heterocycles. The van der Waals surface area contributed by atoms with Crippen LogP contribution in [0.1, 0.15) is 22.3 Å². The number of hydrogen-bond acceptors (Lipinski definition) is 2. The van der Waals surface area contributed by atoms with Crippen LogP contribution in [0.4, 0.5) is 0 Å². The summed E-state index contributed by atoms with van der Waals surface area (Å²) in [5.74, 6) is 0. The van der Waals surface area contributed by atoms with Crippen LogP contribution >= 0.6 is 34.5 Å². The number of benzene rings is 4. The van der Waals surface area contributed by atoms with Crippen LogP contribution in [-0.2, 0) is 67.3 Å². The first kappa shape index (κ1) is 38.3. The van der Waals surface area contributed by atoms with Crippen molar-refractivity contribution in [3.63, 3.8) is 0 Å². The van der Waals surface area contributed by atoms with Gasteiger partial charge in [0.2, 0.25) is 0 Å². The zero-order valence-electron chi connectivity index (χ0n) is 25.1. The smallest absolute Gasteiger partial charge is 2.00 e. The van der Waals surface area contributed by atoms with E-state index < -0.39 is 14.3 Å². The van der Waals surface area contributed by atoms with E-state index in [9.17, 15) is 9.13 Å². The molecule has 0 aliphatic heterocycles. The summed E-state index contributed by atoms with van der Waals surface area (Å²) in [6.45, 7) is 0. The van der Waals surface area contributed by atoms with Gasteiger partial charge in [0.25, 0.3) is 0 Å². The molecule has 0 aliphatic rings. The van der Waals surface area contributed by atoms with Crippen molar-refractivity contribution < 1.29 is 42.7 Å². The summed E-state index contributed by atoms with van der Waals surface area (Å²) in [4.78, 5) is 0. The van der Waals surface area contributed by atoms with Gasteiger partial charge in [-0.05, 0) is 22.3 Å². The first-order valence-corrected chi connectivity index (χ1v) is 21.7. The molecule has 0 N–H and O–H groups in total. The van der Waals surface area contributed by atoms with Crippen molar-refractivity contribution in [2.75, 3.05) is 0 Å². The largest absolute Gasteiger partial charge is 2.00 e. The second kappa shape index (κ2) is 20.2. The molecule has 0 saturated carbocycles. The maximum Gasteiger partial charge on any atom is 2.00 e. The molecule has 0 bridgehead atoms. The Kier molecular flexibility index (Phi) is 16.8. The number of hydrogen-bond donors (Lipinski definition) is 0. The van der Waals surface area contributed by atoms with Crippen molar-refractivity contribution >= 4 is 45.1 Å². The second-order valence-corrected chi connectivity index (χ2v) is 18.4. The van der Waals surface area contributed by atoms with Crippen LogP contribution in [0, 0.1) is 0 Å². The third-order valence-corrected chi connectivity index (χ3v) is 13.3. The maximum atomic E-state index is 13.6. The quantitative estimate of drug-likeness (QED) is 0.0784. The third-order valence-electron chi connectivity index (χ3n) is 7.35. The normalized spacial score (nSPS) is 10.9. The van der Waals surface area contributed by atoms with E-state index in [2.05, 4.69) is 48.5 Å². The minimum Gasteiger partial charge on any atom is 2.00 e. The molecular weight excluding hydrogens is 784 g/mol. The summed E-state index contributed by atoms with van der Waals surface area (Å²) in [5.41, 5.74) is 4.55. The molecule has 6 aromatic carbocycles. The van der Waals surface area contributed by atoms with Crippen LogP contribution in [0.25, 0.3) is 0 Å². The van der Waals surface area contributed by atoms with Gasteiger partial charge in [0.05, 0.1) is 14.3 Å². The fourth-order valence-electron chi connectivity index (χ4n) is 5.26. The first-order chi connectivity index (χ1) is 21.9. The van der Waals surface area contributed by atoms with E-state index in [1.54, 1.807) is 0 Å². The molecule has 0 radical (unpaired) electrons. The van der Waals surface area contributed by atoms with E-state index in [4.69, 9.17) is 20.2 Å². The minimum atomic E-state index is -2.47. The van der Waals surface area contributed by atoms with Crippen molar-refractivity contribution in [3.8, 4) is 0 Å². The maximum absolute atomic E-state index is 13.6. The molecule has 0 aromatic heterocycles. The van der Waals surface area contributed by atoms with Crippen LogP contribution in [0.5, 0.6) is 0 Å². The molecular formula is C38H36Cl2FeO2P2Pd. The van der Waals surface area contributed by atoms with Gasteiger partial charge in [0.15, 0.2) is 0 Å². The Morgan fingerprint density at radius 1 is 0.413 bits per heavy atom. The van der Waals surface area contributed by atoms with Crippen molar-refractivity contribution in [2.45, 2.75) is 24.6 Å². The summed E-state index contributed by atoms with van der Waals surface area (Å²) >= 11 is 0.194. The Morgan fingerprint density at radius 2 is 0.609 bits per heavy atom. The Hall–Kier alpha value is -2.20. The molecule has 0 fully saturated rings. The number of rotatable bonds is 10. The van der Waals surface area contributed by atoms with Crippen LogP contribution in [-0.4, -0.2) is 0 Å². The summed E-state index contributed by atoms with van der Waals surface area (Å²) in [7, 11) is 4.59. The topological polar surface area (TPSA) is 34.1 Å².